The number of nitrogens with two attached hydrogens (primary N) is 1. The van der Waals surface area contributed by atoms with Crippen LogP contribution in [-0.2, 0) is 10.2 Å². The maximum atomic E-state index is 13.0. The number of nitrogens with one attached hydrogen (secondary N) is 1. The number of halogens is 2. The topological polar surface area (TPSA) is 55.1 Å². The molecule has 2 unspecified atom stereocenters. The van der Waals surface area contributed by atoms with Crippen molar-refractivity contribution in [3.63, 3.8) is 0 Å². The van der Waals surface area contributed by atoms with Crippen LogP contribution < -0.4 is 11.1 Å². The summed E-state index contributed by atoms with van der Waals surface area (Å²) in [5.74, 6) is 0.0707. The van der Waals surface area contributed by atoms with E-state index in [1.165, 1.54) is 12.1 Å². The van der Waals surface area contributed by atoms with E-state index in [1.54, 1.807) is 12.1 Å². The van der Waals surface area contributed by atoms with E-state index in [4.69, 9.17) is 5.73 Å². The molecule has 1 aromatic carbocycles. The second-order valence-corrected chi connectivity index (χ2v) is 6.14. The van der Waals surface area contributed by atoms with Crippen LogP contribution in [0, 0.1) is 11.7 Å². The van der Waals surface area contributed by atoms with E-state index in [0.717, 1.165) is 24.8 Å². The zero-order valence-electron chi connectivity index (χ0n) is 12.6. The number of carbonyl (C=O) groups is 1. The van der Waals surface area contributed by atoms with E-state index in [0.29, 0.717) is 12.5 Å². The Labute approximate surface area is 131 Å². The molecule has 0 saturated heterocycles. The van der Waals surface area contributed by atoms with Gasteiger partial charge < -0.3 is 11.1 Å². The summed E-state index contributed by atoms with van der Waals surface area (Å²) in [5.41, 5.74) is 5.89. The first-order chi connectivity index (χ1) is 9.45. The molecule has 0 aromatic heterocycles. The Kier molecular flexibility index (Phi) is 6.17. The van der Waals surface area contributed by atoms with Crippen LogP contribution in [0.3, 0.4) is 0 Å². The predicted octanol–water partition coefficient (Wildman–Crippen LogP) is 2.77. The molecule has 0 spiro atoms. The van der Waals surface area contributed by atoms with Crippen LogP contribution in [0.15, 0.2) is 24.3 Å². The zero-order chi connectivity index (χ0) is 14.8. The van der Waals surface area contributed by atoms with Crippen LogP contribution in [-0.4, -0.2) is 18.5 Å². The molecule has 1 saturated carbocycles. The second-order valence-electron chi connectivity index (χ2n) is 6.14. The summed E-state index contributed by atoms with van der Waals surface area (Å²) in [6.45, 7) is 4.34. The fraction of sp³-hybridized carbons (Fsp3) is 0.562. The normalized spacial score (nSPS) is 21.7. The molecule has 5 heteroatoms. The van der Waals surface area contributed by atoms with Crippen molar-refractivity contribution >= 4 is 18.3 Å². The van der Waals surface area contributed by atoms with Crippen LogP contribution in [0.4, 0.5) is 4.39 Å². The van der Waals surface area contributed by atoms with Gasteiger partial charge in [0.2, 0.25) is 5.91 Å². The minimum absolute atomic E-state index is 0. The third kappa shape index (κ3) is 3.95. The Morgan fingerprint density at radius 3 is 2.52 bits per heavy atom. The van der Waals surface area contributed by atoms with E-state index in [1.807, 2.05) is 13.8 Å². The molecule has 21 heavy (non-hydrogen) atoms. The van der Waals surface area contributed by atoms with Crippen LogP contribution in [0.5, 0.6) is 0 Å². The molecular weight excluding hydrogens is 291 g/mol. The molecule has 2 atom stereocenters. The predicted molar refractivity (Wildman–Crippen MR) is 85.0 cm³/mol. The van der Waals surface area contributed by atoms with Crippen molar-refractivity contribution < 1.29 is 9.18 Å². The monoisotopic (exact) mass is 314 g/mol. The highest BCUT2D eigenvalue weighted by Crippen LogP contribution is 2.28. The van der Waals surface area contributed by atoms with Crippen molar-refractivity contribution in [1.82, 2.24) is 5.32 Å². The first-order valence-corrected chi connectivity index (χ1v) is 7.22. The van der Waals surface area contributed by atoms with Gasteiger partial charge in [0.15, 0.2) is 0 Å². The van der Waals surface area contributed by atoms with Crippen LogP contribution in [0.25, 0.3) is 0 Å². The molecule has 2 rings (SSSR count). The summed E-state index contributed by atoms with van der Waals surface area (Å²) < 4.78 is 13.0. The van der Waals surface area contributed by atoms with Crippen molar-refractivity contribution in [1.29, 1.82) is 0 Å². The minimum atomic E-state index is -0.671. The van der Waals surface area contributed by atoms with Gasteiger partial charge in [-0.05, 0) is 56.8 Å². The van der Waals surface area contributed by atoms with Crippen molar-refractivity contribution in [3.8, 4) is 0 Å². The molecule has 1 amide bonds. The quantitative estimate of drug-likeness (QED) is 0.898. The molecular formula is C16H24ClFN2O. The van der Waals surface area contributed by atoms with Crippen LogP contribution in [0.2, 0.25) is 0 Å². The number of benzene rings is 1. The molecule has 1 aliphatic carbocycles. The average molecular weight is 315 g/mol. The molecule has 3 N–H and O–H groups in total. The number of rotatable bonds is 4. The van der Waals surface area contributed by atoms with E-state index < -0.39 is 5.41 Å². The standard InChI is InChI=1S/C16H23FN2O.ClH/c1-16(2,12-6-8-13(17)9-7-12)15(20)19-14-5-3-4-11(14)10-18;/h6-9,11,14H,3-5,10,18H2,1-2H3,(H,19,20);1H. The van der Waals surface area contributed by atoms with Gasteiger partial charge in [-0.1, -0.05) is 18.6 Å². The summed E-state index contributed by atoms with van der Waals surface area (Å²) in [6.07, 6.45) is 3.19. The first kappa shape index (κ1) is 17.9. The molecule has 118 valence electrons. The lowest BCUT2D eigenvalue weighted by atomic mass is 9.83. The van der Waals surface area contributed by atoms with Gasteiger partial charge in [0.05, 0.1) is 5.41 Å². The van der Waals surface area contributed by atoms with Gasteiger partial charge >= 0.3 is 0 Å². The summed E-state index contributed by atoms with van der Waals surface area (Å²) in [6, 6.07) is 6.30. The Balaban J connectivity index is 0.00000220. The summed E-state index contributed by atoms with van der Waals surface area (Å²) in [4.78, 5) is 12.5. The summed E-state index contributed by atoms with van der Waals surface area (Å²) in [7, 11) is 0. The number of hydrogen-bond donors (Lipinski definition) is 2. The lowest BCUT2D eigenvalue weighted by Gasteiger charge is -2.28. The SMILES string of the molecule is CC(C)(C(=O)NC1CCCC1CN)c1ccc(F)cc1.Cl. The Bertz CT molecular complexity index is 476. The van der Waals surface area contributed by atoms with E-state index in [9.17, 15) is 9.18 Å². The third-order valence-electron chi connectivity index (χ3n) is 4.41. The molecule has 0 bridgehead atoms. The number of amides is 1. The molecule has 1 aliphatic rings. The van der Waals surface area contributed by atoms with Crippen LogP contribution in [0.1, 0.15) is 38.7 Å². The molecule has 0 radical (unpaired) electrons. The maximum absolute atomic E-state index is 13.0. The average Bonchev–Trinajstić information content (AvgIpc) is 2.86. The summed E-state index contributed by atoms with van der Waals surface area (Å²) >= 11 is 0. The van der Waals surface area contributed by atoms with E-state index >= 15 is 0 Å². The molecule has 0 heterocycles. The van der Waals surface area contributed by atoms with Gasteiger partial charge in [-0.3, -0.25) is 4.79 Å². The van der Waals surface area contributed by atoms with E-state index in [2.05, 4.69) is 5.32 Å². The van der Waals surface area contributed by atoms with E-state index in [-0.39, 0.29) is 30.2 Å². The molecule has 3 nitrogen and oxygen atoms in total. The molecule has 1 fully saturated rings. The van der Waals surface area contributed by atoms with Crippen LogP contribution >= 0.6 is 12.4 Å². The fourth-order valence-electron chi connectivity index (χ4n) is 2.86. The molecule has 1 aromatic rings. The maximum Gasteiger partial charge on any atom is 0.230 e. The van der Waals surface area contributed by atoms with Crippen molar-refractivity contribution in [3.05, 3.63) is 35.6 Å². The van der Waals surface area contributed by atoms with Crippen molar-refractivity contribution in [2.75, 3.05) is 6.54 Å². The Morgan fingerprint density at radius 2 is 1.95 bits per heavy atom. The second kappa shape index (κ2) is 7.23. The summed E-state index contributed by atoms with van der Waals surface area (Å²) in [5, 5.41) is 3.12. The third-order valence-corrected chi connectivity index (χ3v) is 4.41. The highest BCUT2D eigenvalue weighted by molar-refractivity contribution is 5.87. The number of hydrogen-bond acceptors (Lipinski definition) is 2. The van der Waals surface area contributed by atoms with Gasteiger partial charge in [0, 0.05) is 6.04 Å². The minimum Gasteiger partial charge on any atom is -0.352 e. The smallest absolute Gasteiger partial charge is 0.230 e. The van der Waals surface area contributed by atoms with Gasteiger partial charge in [0.1, 0.15) is 5.82 Å². The van der Waals surface area contributed by atoms with Crippen molar-refractivity contribution in [2.45, 2.75) is 44.6 Å². The lowest BCUT2D eigenvalue weighted by molar-refractivity contribution is -0.126. The zero-order valence-corrected chi connectivity index (χ0v) is 13.4. The Morgan fingerprint density at radius 1 is 1.33 bits per heavy atom. The van der Waals surface area contributed by atoms with Crippen molar-refractivity contribution in [2.24, 2.45) is 11.7 Å². The van der Waals surface area contributed by atoms with Gasteiger partial charge in [-0.2, -0.15) is 0 Å². The van der Waals surface area contributed by atoms with Gasteiger partial charge in [0.25, 0.3) is 0 Å². The largest absolute Gasteiger partial charge is 0.352 e. The highest BCUT2D eigenvalue weighted by Gasteiger charge is 2.34. The van der Waals surface area contributed by atoms with Gasteiger partial charge in [-0.25, -0.2) is 4.39 Å². The molecule has 0 aliphatic heterocycles. The van der Waals surface area contributed by atoms with Gasteiger partial charge in [-0.15, -0.1) is 12.4 Å². The first-order valence-electron chi connectivity index (χ1n) is 7.22. The Hall–Kier alpha value is -1.13. The lowest BCUT2D eigenvalue weighted by Crippen LogP contribution is -2.47. The highest BCUT2D eigenvalue weighted by atomic mass is 35.5. The number of carbonyl (C=O) groups excluding carboxylic acids is 1. The fourth-order valence-corrected chi connectivity index (χ4v) is 2.86.